The number of morpholine rings is 1. The predicted octanol–water partition coefficient (Wildman–Crippen LogP) is 1.12. The van der Waals surface area contributed by atoms with E-state index in [1.165, 1.54) is 18.0 Å². The average Bonchev–Trinajstić information content (AvgIpc) is 2.40. The van der Waals surface area contributed by atoms with Crippen LogP contribution in [-0.2, 0) is 4.74 Å². The highest BCUT2D eigenvalue weighted by molar-refractivity contribution is 7.99. The number of thioether (sulfide) groups is 1. The molecule has 0 bridgehead atoms. The molecule has 1 aromatic rings. The number of carbonyl (C=O) groups is 1. The molecule has 0 radical (unpaired) electrons. The van der Waals surface area contributed by atoms with Gasteiger partial charge in [0.2, 0.25) is 0 Å². The molecular formula is C11H15N3O3S. The first-order valence-corrected chi connectivity index (χ1v) is 6.76. The van der Waals surface area contributed by atoms with E-state index in [1.54, 1.807) is 0 Å². The van der Waals surface area contributed by atoms with Crippen molar-refractivity contribution in [3.63, 3.8) is 0 Å². The second-order valence-electron chi connectivity index (χ2n) is 3.73. The van der Waals surface area contributed by atoms with Gasteiger partial charge < -0.3 is 14.7 Å². The molecule has 1 saturated heterocycles. The summed E-state index contributed by atoms with van der Waals surface area (Å²) in [6, 6.07) is 0. The third-order valence-electron chi connectivity index (χ3n) is 2.56. The summed E-state index contributed by atoms with van der Waals surface area (Å²) in [5, 5.41) is 9.79. The molecule has 6 nitrogen and oxygen atoms in total. The zero-order valence-corrected chi connectivity index (χ0v) is 10.9. The number of rotatable bonds is 4. The van der Waals surface area contributed by atoms with Crippen LogP contribution in [0.25, 0.3) is 0 Å². The molecular weight excluding hydrogens is 254 g/mol. The number of ether oxygens (including phenoxy) is 1. The third kappa shape index (κ3) is 2.91. The lowest BCUT2D eigenvalue weighted by molar-refractivity contribution is 0.0695. The van der Waals surface area contributed by atoms with Crippen molar-refractivity contribution >= 4 is 23.5 Å². The van der Waals surface area contributed by atoms with Gasteiger partial charge in [0.1, 0.15) is 11.4 Å². The molecule has 0 aromatic carbocycles. The van der Waals surface area contributed by atoms with Crippen LogP contribution >= 0.6 is 11.8 Å². The Bertz CT molecular complexity index is 436. The van der Waals surface area contributed by atoms with E-state index in [9.17, 15) is 9.90 Å². The first-order chi connectivity index (χ1) is 8.72. The molecule has 1 aliphatic heterocycles. The number of nitrogens with zero attached hydrogens (tertiary/aromatic N) is 3. The van der Waals surface area contributed by atoms with Crippen molar-refractivity contribution in [3.8, 4) is 0 Å². The van der Waals surface area contributed by atoms with E-state index in [1.807, 2.05) is 11.8 Å². The summed E-state index contributed by atoms with van der Waals surface area (Å²) < 4.78 is 5.26. The molecule has 7 heteroatoms. The molecule has 1 fully saturated rings. The van der Waals surface area contributed by atoms with E-state index >= 15 is 0 Å². The third-order valence-corrected chi connectivity index (χ3v) is 3.30. The maximum absolute atomic E-state index is 11.2. The summed E-state index contributed by atoms with van der Waals surface area (Å²) in [6.45, 7) is 4.52. The van der Waals surface area contributed by atoms with Crippen molar-refractivity contribution < 1.29 is 14.6 Å². The van der Waals surface area contributed by atoms with Crippen molar-refractivity contribution in [1.82, 2.24) is 9.97 Å². The van der Waals surface area contributed by atoms with Gasteiger partial charge in [-0.1, -0.05) is 18.7 Å². The molecule has 0 aliphatic carbocycles. The Morgan fingerprint density at radius 3 is 2.89 bits per heavy atom. The van der Waals surface area contributed by atoms with Crippen LogP contribution in [0.3, 0.4) is 0 Å². The molecule has 0 spiro atoms. The molecule has 0 saturated carbocycles. The van der Waals surface area contributed by atoms with Gasteiger partial charge in [-0.15, -0.1) is 0 Å². The Balaban J connectivity index is 2.33. The number of hydrogen-bond donors (Lipinski definition) is 1. The van der Waals surface area contributed by atoms with E-state index in [4.69, 9.17) is 4.74 Å². The monoisotopic (exact) mass is 269 g/mol. The number of aromatic carboxylic acids is 1. The van der Waals surface area contributed by atoms with Gasteiger partial charge in [-0.2, -0.15) is 0 Å². The van der Waals surface area contributed by atoms with Crippen LogP contribution in [-0.4, -0.2) is 53.1 Å². The van der Waals surface area contributed by atoms with E-state index in [0.717, 1.165) is 5.75 Å². The summed E-state index contributed by atoms with van der Waals surface area (Å²) in [6.07, 6.45) is 1.39. The lowest BCUT2D eigenvalue weighted by Gasteiger charge is -2.28. The zero-order valence-electron chi connectivity index (χ0n) is 10.1. The Kier molecular flexibility index (Phi) is 4.38. The van der Waals surface area contributed by atoms with Crippen LogP contribution in [0.2, 0.25) is 0 Å². The van der Waals surface area contributed by atoms with Gasteiger partial charge in [0.05, 0.1) is 13.2 Å². The molecule has 1 N–H and O–H groups in total. The van der Waals surface area contributed by atoms with Crippen molar-refractivity contribution in [2.45, 2.75) is 12.1 Å². The summed E-state index contributed by atoms with van der Waals surface area (Å²) in [4.78, 5) is 21.5. The summed E-state index contributed by atoms with van der Waals surface area (Å²) in [5.74, 6) is 0.357. The maximum atomic E-state index is 11.2. The van der Waals surface area contributed by atoms with Gasteiger partial charge in [0.25, 0.3) is 0 Å². The second-order valence-corrected chi connectivity index (χ2v) is 4.96. The second kappa shape index (κ2) is 6.01. The standard InChI is InChI=1S/C11H15N3O3S/c1-2-18-11-12-7-8(10(15)16)9(13-11)14-3-5-17-6-4-14/h7H,2-6H2,1H3,(H,15,16). The number of carboxylic acids is 1. The number of hydrogen-bond acceptors (Lipinski definition) is 6. The number of anilines is 1. The van der Waals surface area contributed by atoms with Crippen molar-refractivity contribution in [1.29, 1.82) is 0 Å². The van der Waals surface area contributed by atoms with Crippen LogP contribution in [0.4, 0.5) is 5.82 Å². The fourth-order valence-corrected chi connectivity index (χ4v) is 2.26. The summed E-state index contributed by atoms with van der Waals surface area (Å²) in [5.41, 5.74) is 0.150. The average molecular weight is 269 g/mol. The highest BCUT2D eigenvalue weighted by Crippen LogP contribution is 2.22. The minimum atomic E-state index is -0.996. The highest BCUT2D eigenvalue weighted by atomic mass is 32.2. The Morgan fingerprint density at radius 2 is 2.28 bits per heavy atom. The summed E-state index contributed by atoms with van der Waals surface area (Å²) in [7, 11) is 0. The smallest absolute Gasteiger partial charge is 0.341 e. The van der Waals surface area contributed by atoms with Crippen LogP contribution in [0.1, 0.15) is 17.3 Å². The number of aromatic nitrogens is 2. The SMILES string of the molecule is CCSc1ncc(C(=O)O)c(N2CCOCC2)n1. The predicted molar refractivity (Wildman–Crippen MR) is 68.4 cm³/mol. The minimum absolute atomic E-state index is 0.150. The van der Waals surface area contributed by atoms with Crippen molar-refractivity contribution in [2.75, 3.05) is 37.0 Å². The quantitative estimate of drug-likeness (QED) is 0.648. The fourth-order valence-electron chi connectivity index (χ4n) is 1.72. The molecule has 18 heavy (non-hydrogen) atoms. The molecule has 1 aliphatic rings. The van der Waals surface area contributed by atoms with Crippen LogP contribution in [0.5, 0.6) is 0 Å². The van der Waals surface area contributed by atoms with E-state index in [0.29, 0.717) is 37.3 Å². The fraction of sp³-hybridized carbons (Fsp3) is 0.545. The molecule has 98 valence electrons. The number of carboxylic acid groups (broad SMARTS) is 1. The largest absolute Gasteiger partial charge is 0.477 e. The van der Waals surface area contributed by atoms with Crippen LogP contribution in [0.15, 0.2) is 11.4 Å². The minimum Gasteiger partial charge on any atom is -0.477 e. The van der Waals surface area contributed by atoms with Gasteiger partial charge in [-0.25, -0.2) is 14.8 Å². The van der Waals surface area contributed by atoms with Gasteiger partial charge in [0, 0.05) is 19.3 Å². The lowest BCUT2D eigenvalue weighted by Crippen LogP contribution is -2.37. The highest BCUT2D eigenvalue weighted by Gasteiger charge is 2.21. The van der Waals surface area contributed by atoms with Crippen LogP contribution in [0, 0.1) is 0 Å². The van der Waals surface area contributed by atoms with Gasteiger partial charge in [-0.05, 0) is 5.75 Å². The van der Waals surface area contributed by atoms with E-state index in [-0.39, 0.29) is 5.56 Å². The Morgan fingerprint density at radius 1 is 1.56 bits per heavy atom. The van der Waals surface area contributed by atoms with E-state index in [2.05, 4.69) is 9.97 Å². The Hall–Kier alpha value is -1.34. The van der Waals surface area contributed by atoms with Gasteiger partial charge >= 0.3 is 5.97 Å². The normalized spacial score (nSPS) is 15.7. The zero-order chi connectivity index (χ0) is 13.0. The van der Waals surface area contributed by atoms with Gasteiger partial charge in [0.15, 0.2) is 5.16 Å². The van der Waals surface area contributed by atoms with E-state index < -0.39 is 5.97 Å². The molecule has 1 aromatic heterocycles. The molecule has 0 unspecified atom stereocenters. The molecule has 2 heterocycles. The lowest BCUT2D eigenvalue weighted by atomic mass is 10.2. The first kappa shape index (κ1) is 13.1. The topological polar surface area (TPSA) is 75.5 Å². The van der Waals surface area contributed by atoms with Crippen molar-refractivity contribution in [3.05, 3.63) is 11.8 Å². The molecule has 0 amide bonds. The summed E-state index contributed by atoms with van der Waals surface area (Å²) >= 11 is 1.50. The molecule has 2 rings (SSSR count). The first-order valence-electron chi connectivity index (χ1n) is 5.78. The van der Waals surface area contributed by atoms with Crippen molar-refractivity contribution in [2.24, 2.45) is 0 Å². The maximum Gasteiger partial charge on any atom is 0.341 e. The van der Waals surface area contributed by atoms with Crippen LogP contribution < -0.4 is 4.90 Å². The Labute approximate surface area is 109 Å². The van der Waals surface area contributed by atoms with Gasteiger partial charge in [-0.3, -0.25) is 0 Å². The molecule has 0 atom stereocenters.